The van der Waals surface area contributed by atoms with Gasteiger partial charge in [-0.3, -0.25) is 4.79 Å². The van der Waals surface area contributed by atoms with Gasteiger partial charge in [-0.2, -0.15) is 0 Å². The Bertz CT molecular complexity index is 776. The number of methoxy groups -OCH3 is 1. The van der Waals surface area contributed by atoms with E-state index in [0.717, 1.165) is 11.1 Å². The minimum atomic E-state index is -0.610. The number of hydrogen-bond donors (Lipinski definition) is 1. The van der Waals surface area contributed by atoms with Crippen molar-refractivity contribution in [3.8, 4) is 5.75 Å². The van der Waals surface area contributed by atoms with Crippen molar-refractivity contribution in [2.75, 3.05) is 13.7 Å². The van der Waals surface area contributed by atoms with Gasteiger partial charge >= 0.3 is 5.97 Å². The second-order valence-electron chi connectivity index (χ2n) is 5.59. The zero-order chi connectivity index (χ0) is 18.4. The quantitative estimate of drug-likeness (QED) is 0.797. The lowest BCUT2D eigenvalue weighted by Gasteiger charge is -2.16. The first-order valence-electron chi connectivity index (χ1n) is 7.78. The van der Waals surface area contributed by atoms with Gasteiger partial charge in [-0.15, -0.1) is 0 Å². The van der Waals surface area contributed by atoms with Crippen LogP contribution in [0.2, 0.25) is 5.02 Å². The van der Waals surface area contributed by atoms with E-state index in [4.69, 9.17) is 21.1 Å². The average molecular weight is 362 g/mol. The number of hydrogen-bond acceptors (Lipinski definition) is 4. The lowest BCUT2D eigenvalue weighted by Crippen LogP contribution is -2.31. The molecule has 5 nitrogen and oxygen atoms in total. The zero-order valence-electron chi connectivity index (χ0n) is 14.3. The van der Waals surface area contributed by atoms with Crippen LogP contribution in [0.5, 0.6) is 5.75 Å². The van der Waals surface area contributed by atoms with Crippen molar-refractivity contribution in [3.63, 3.8) is 0 Å². The molecule has 0 aromatic heterocycles. The van der Waals surface area contributed by atoms with Crippen LogP contribution in [0, 0.1) is 6.92 Å². The molecule has 0 heterocycles. The summed E-state index contributed by atoms with van der Waals surface area (Å²) in [4.78, 5) is 24.2. The monoisotopic (exact) mass is 361 g/mol. The molecule has 0 aliphatic heterocycles. The fraction of sp³-hybridized carbons (Fsp3) is 0.263. The highest BCUT2D eigenvalue weighted by atomic mass is 35.5. The molecule has 2 aromatic carbocycles. The molecule has 0 radical (unpaired) electrons. The van der Waals surface area contributed by atoms with Gasteiger partial charge in [-0.1, -0.05) is 41.4 Å². The Hall–Kier alpha value is -2.53. The molecule has 6 heteroatoms. The number of carbonyl (C=O) groups is 2. The lowest BCUT2D eigenvalue weighted by molar-refractivity contribution is -0.124. The third-order valence-electron chi connectivity index (χ3n) is 3.66. The van der Waals surface area contributed by atoms with Crippen LogP contribution in [-0.4, -0.2) is 25.6 Å². The van der Waals surface area contributed by atoms with Crippen molar-refractivity contribution < 1.29 is 19.1 Å². The standard InChI is InChI=1S/C19H20ClNO4/c1-12-8-9-17(24-3)15(10-12)19(23)25-11-18(22)21-13(2)14-6-4-5-7-16(14)20/h4-10,13H,11H2,1-3H3,(H,21,22)/t13-/m1/s1. The first-order valence-corrected chi connectivity index (χ1v) is 8.15. The molecule has 0 aliphatic rings. The minimum Gasteiger partial charge on any atom is -0.496 e. The summed E-state index contributed by atoms with van der Waals surface area (Å²) in [7, 11) is 1.47. The number of carbonyl (C=O) groups excluding carboxylic acids is 2. The molecule has 25 heavy (non-hydrogen) atoms. The molecule has 0 spiro atoms. The predicted molar refractivity (Wildman–Crippen MR) is 96.0 cm³/mol. The van der Waals surface area contributed by atoms with Gasteiger partial charge in [0.1, 0.15) is 11.3 Å². The molecule has 132 valence electrons. The molecule has 1 amide bonds. The summed E-state index contributed by atoms with van der Waals surface area (Å²) in [5.41, 5.74) is 1.98. The molecule has 0 saturated heterocycles. The molecule has 2 aromatic rings. The third kappa shape index (κ3) is 4.97. The highest BCUT2D eigenvalue weighted by Gasteiger charge is 2.17. The summed E-state index contributed by atoms with van der Waals surface area (Å²) < 4.78 is 10.2. The number of amides is 1. The highest BCUT2D eigenvalue weighted by Crippen LogP contribution is 2.22. The van der Waals surface area contributed by atoms with Crippen molar-refractivity contribution in [3.05, 3.63) is 64.2 Å². The summed E-state index contributed by atoms with van der Waals surface area (Å²) in [6.07, 6.45) is 0. The van der Waals surface area contributed by atoms with Crippen LogP contribution < -0.4 is 10.1 Å². The molecule has 0 fully saturated rings. The van der Waals surface area contributed by atoms with E-state index in [2.05, 4.69) is 5.32 Å². The van der Waals surface area contributed by atoms with Gasteiger partial charge in [0.05, 0.1) is 13.2 Å². The Balaban J connectivity index is 1.95. The maximum absolute atomic E-state index is 12.2. The average Bonchev–Trinajstić information content (AvgIpc) is 2.59. The Labute approximate surface area is 151 Å². The van der Waals surface area contributed by atoms with Crippen LogP contribution in [0.3, 0.4) is 0 Å². The SMILES string of the molecule is COc1ccc(C)cc1C(=O)OCC(=O)N[C@H](C)c1ccccc1Cl. The van der Waals surface area contributed by atoms with Gasteiger partial charge in [0.15, 0.2) is 6.61 Å². The van der Waals surface area contributed by atoms with Crippen LogP contribution in [0.15, 0.2) is 42.5 Å². The smallest absolute Gasteiger partial charge is 0.342 e. The topological polar surface area (TPSA) is 64.6 Å². The number of aryl methyl sites for hydroxylation is 1. The Morgan fingerprint density at radius 3 is 2.60 bits per heavy atom. The van der Waals surface area contributed by atoms with E-state index in [0.29, 0.717) is 10.8 Å². The van der Waals surface area contributed by atoms with Gasteiger partial charge in [0, 0.05) is 5.02 Å². The summed E-state index contributed by atoms with van der Waals surface area (Å²) in [6, 6.07) is 12.1. The van der Waals surface area contributed by atoms with Crippen LogP contribution in [0.4, 0.5) is 0 Å². The van der Waals surface area contributed by atoms with Gasteiger partial charge in [-0.05, 0) is 37.6 Å². The van der Waals surface area contributed by atoms with Gasteiger partial charge in [0.25, 0.3) is 5.91 Å². The minimum absolute atomic E-state index is 0.287. The lowest BCUT2D eigenvalue weighted by atomic mass is 10.1. The molecule has 0 unspecified atom stereocenters. The fourth-order valence-corrected chi connectivity index (χ4v) is 2.68. The number of benzene rings is 2. The maximum atomic E-state index is 12.2. The first-order chi connectivity index (χ1) is 11.9. The van der Waals surface area contributed by atoms with E-state index < -0.39 is 11.9 Å². The van der Waals surface area contributed by atoms with E-state index in [-0.39, 0.29) is 18.2 Å². The van der Waals surface area contributed by atoms with Crippen LogP contribution in [0.25, 0.3) is 0 Å². The molecular weight excluding hydrogens is 342 g/mol. The number of ether oxygens (including phenoxy) is 2. The van der Waals surface area contributed by atoms with E-state index in [1.54, 1.807) is 18.2 Å². The van der Waals surface area contributed by atoms with E-state index in [1.165, 1.54) is 7.11 Å². The van der Waals surface area contributed by atoms with E-state index in [9.17, 15) is 9.59 Å². The van der Waals surface area contributed by atoms with Gasteiger partial charge in [0.2, 0.25) is 0 Å². The molecule has 0 bridgehead atoms. The Morgan fingerprint density at radius 1 is 1.20 bits per heavy atom. The number of rotatable bonds is 6. The molecule has 2 rings (SSSR count). The van der Waals surface area contributed by atoms with Gasteiger partial charge < -0.3 is 14.8 Å². The molecule has 0 aliphatic carbocycles. The Kier molecular flexibility index (Phi) is 6.42. The normalized spacial score (nSPS) is 11.5. The molecule has 0 saturated carbocycles. The van der Waals surface area contributed by atoms with Crippen molar-refractivity contribution in [1.82, 2.24) is 5.32 Å². The number of esters is 1. The number of halogens is 1. The zero-order valence-corrected chi connectivity index (χ0v) is 15.1. The molecule has 1 N–H and O–H groups in total. The summed E-state index contributed by atoms with van der Waals surface area (Å²) in [5.74, 6) is -0.617. The summed E-state index contributed by atoms with van der Waals surface area (Å²) >= 11 is 6.11. The second-order valence-corrected chi connectivity index (χ2v) is 6.00. The van der Waals surface area contributed by atoms with Crippen molar-refractivity contribution in [2.24, 2.45) is 0 Å². The van der Waals surface area contributed by atoms with Crippen LogP contribution in [-0.2, 0) is 9.53 Å². The van der Waals surface area contributed by atoms with E-state index >= 15 is 0 Å². The Morgan fingerprint density at radius 2 is 1.92 bits per heavy atom. The second kappa shape index (κ2) is 8.53. The molecular formula is C19H20ClNO4. The van der Waals surface area contributed by atoms with Crippen LogP contribution in [0.1, 0.15) is 34.5 Å². The predicted octanol–water partition coefficient (Wildman–Crippen LogP) is 3.69. The molecule has 1 atom stereocenters. The summed E-state index contributed by atoms with van der Waals surface area (Å²) in [5, 5.41) is 3.32. The largest absolute Gasteiger partial charge is 0.496 e. The van der Waals surface area contributed by atoms with E-state index in [1.807, 2.05) is 38.1 Å². The van der Waals surface area contributed by atoms with Gasteiger partial charge in [-0.25, -0.2) is 4.79 Å². The first kappa shape index (κ1) is 18.8. The highest BCUT2D eigenvalue weighted by molar-refractivity contribution is 6.31. The fourth-order valence-electron chi connectivity index (χ4n) is 2.38. The van der Waals surface area contributed by atoms with Crippen molar-refractivity contribution in [2.45, 2.75) is 19.9 Å². The van der Waals surface area contributed by atoms with Crippen molar-refractivity contribution >= 4 is 23.5 Å². The third-order valence-corrected chi connectivity index (χ3v) is 4.00. The van der Waals surface area contributed by atoms with Crippen LogP contribution >= 0.6 is 11.6 Å². The summed E-state index contributed by atoms with van der Waals surface area (Å²) in [6.45, 7) is 3.28. The van der Waals surface area contributed by atoms with Crippen molar-refractivity contribution in [1.29, 1.82) is 0 Å². The number of nitrogens with one attached hydrogen (secondary N) is 1. The maximum Gasteiger partial charge on any atom is 0.342 e.